The zero-order valence-electron chi connectivity index (χ0n) is 25.4. The summed E-state index contributed by atoms with van der Waals surface area (Å²) in [6.07, 6.45) is 0.559. The Morgan fingerprint density at radius 3 is 2.56 bits per heavy atom. The molecule has 0 radical (unpaired) electrons. The summed E-state index contributed by atoms with van der Waals surface area (Å²) in [6.45, 7) is 5.16. The average molecular weight is 647 g/mol. The SMILES string of the molecule is CN(C)CCOc1ccc(C(=O)Nc2n[nH]c3c2CN(S(=O)(=O)c2cc(F)cc(F)c2)CC3(C)C)c(NC(=O)C2CCOC2)c1. The number of carbonyl (C=O) groups is 2. The van der Waals surface area contributed by atoms with Crippen molar-refractivity contribution >= 4 is 33.3 Å². The summed E-state index contributed by atoms with van der Waals surface area (Å²) in [4.78, 5) is 28.1. The van der Waals surface area contributed by atoms with E-state index < -0.39 is 37.9 Å². The molecule has 2 aromatic carbocycles. The largest absolute Gasteiger partial charge is 0.492 e. The van der Waals surface area contributed by atoms with E-state index in [1.54, 1.807) is 26.0 Å². The van der Waals surface area contributed by atoms with E-state index in [0.717, 1.165) is 16.4 Å². The molecule has 1 atom stereocenters. The number of nitrogens with one attached hydrogen (secondary N) is 3. The first-order chi connectivity index (χ1) is 21.2. The Morgan fingerprint density at radius 1 is 1.16 bits per heavy atom. The second kappa shape index (κ2) is 12.8. The third-order valence-electron chi connectivity index (χ3n) is 7.76. The first-order valence-corrected chi connectivity index (χ1v) is 15.8. The monoisotopic (exact) mass is 646 g/mol. The van der Waals surface area contributed by atoms with Gasteiger partial charge in [-0.05, 0) is 44.8 Å². The van der Waals surface area contributed by atoms with E-state index in [9.17, 15) is 26.8 Å². The van der Waals surface area contributed by atoms with Crippen LogP contribution in [0.2, 0.25) is 0 Å². The number of amides is 2. The van der Waals surface area contributed by atoms with E-state index in [0.29, 0.717) is 49.3 Å². The van der Waals surface area contributed by atoms with Crippen LogP contribution < -0.4 is 15.4 Å². The summed E-state index contributed by atoms with van der Waals surface area (Å²) < 4.78 is 67.1. The maximum atomic E-state index is 13.9. The highest BCUT2D eigenvalue weighted by Crippen LogP contribution is 2.38. The summed E-state index contributed by atoms with van der Waals surface area (Å²) in [7, 11) is -0.491. The molecule has 2 aliphatic rings. The number of anilines is 2. The topological polar surface area (TPSA) is 146 Å². The molecule has 3 N–H and O–H groups in total. The van der Waals surface area contributed by atoms with Gasteiger partial charge in [-0.15, -0.1) is 0 Å². The molecule has 242 valence electrons. The van der Waals surface area contributed by atoms with Gasteiger partial charge in [0.1, 0.15) is 24.0 Å². The first-order valence-electron chi connectivity index (χ1n) is 14.4. The third kappa shape index (κ3) is 7.16. The van der Waals surface area contributed by atoms with Gasteiger partial charge in [0, 0.05) is 55.0 Å². The second-order valence-corrected chi connectivity index (χ2v) is 14.0. The molecule has 3 heterocycles. The number of fused-ring (bicyclic) bond motifs is 1. The minimum absolute atomic E-state index is 0.00755. The minimum Gasteiger partial charge on any atom is -0.492 e. The van der Waals surface area contributed by atoms with Gasteiger partial charge in [0.25, 0.3) is 5.91 Å². The predicted molar refractivity (Wildman–Crippen MR) is 162 cm³/mol. The number of ether oxygens (including phenoxy) is 2. The highest BCUT2D eigenvalue weighted by molar-refractivity contribution is 7.89. The number of H-pyrrole nitrogens is 1. The third-order valence-corrected chi connectivity index (χ3v) is 9.53. The second-order valence-electron chi connectivity index (χ2n) is 12.1. The lowest BCUT2D eigenvalue weighted by Gasteiger charge is -2.36. The molecule has 1 fully saturated rings. The van der Waals surface area contributed by atoms with Crippen molar-refractivity contribution < 1.29 is 36.3 Å². The molecule has 0 bridgehead atoms. The Bertz CT molecular complexity index is 1680. The lowest BCUT2D eigenvalue weighted by atomic mass is 9.84. The molecule has 2 amide bonds. The number of halogens is 2. The molecule has 12 nitrogen and oxygen atoms in total. The zero-order chi connectivity index (χ0) is 32.5. The fourth-order valence-electron chi connectivity index (χ4n) is 5.34. The molecule has 0 aliphatic carbocycles. The molecule has 1 unspecified atom stereocenters. The smallest absolute Gasteiger partial charge is 0.258 e. The van der Waals surface area contributed by atoms with Crippen LogP contribution in [0, 0.1) is 17.6 Å². The van der Waals surface area contributed by atoms with Crippen LogP contribution in [0.25, 0.3) is 0 Å². The quantitative estimate of drug-likeness (QED) is 0.304. The van der Waals surface area contributed by atoms with E-state index in [1.165, 1.54) is 6.07 Å². The van der Waals surface area contributed by atoms with Gasteiger partial charge in [-0.1, -0.05) is 13.8 Å². The van der Waals surface area contributed by atoms with Crippen LogP contribution in [0.5, 0.6) is 5.75 Å². The number of hydrogen-bond acceptors (Lipinski definition) is 8. The molecular formula is C30H36F2N6O6S. The van der Waals surface area contributed by atoms with Gasteiger partial charge < -0.3 is 25.0 Å². The van der Waals surface area contributed by atoms with Gasteiger partial charge in [0.15, 0.2) is 5.82 Å². The number of benzene rings is 2. The molecule has 0 saturated carbocycles. The number of sulfonamides is 1. The highest BCUT2D eigenvalue weighted by atomic mass is 32.2. The van der Waals surface area contributed by atoms with Gasteiger partial charge in [-0.3, -0.25) is 14.7 Å². The van der Waals surface area contributed by atoms with Crippen LogP contribution in [0.1, 0.15) is 41.9 Å². The first kappa shape index (κ1) is 32.5. The Labute approximate surface area is 260 Å². The Hall–Kier alpha value is -3.92. The number of aromatic nitrogens is 2. The van der Waals surface area contributed by atoms with Gasteiger partial charge >= 0.3 is 0 Å². The molecule has 3 aromatic rings. The number of aromatic amines is 1. The fourth-order valence-corrected chi connectivity index (χ4v) is 6.96. The summed E-state index contributed by atoms with van der Waals surface area (Å²) in [5.74, 6) is -2.74. The molecule has 0 spiro atoms. The maximum Gasteiger partial charge on any atom is 0.258 e. The Balaban J connectivity index is 1.42. The van der Waals surface area contributed by atoms with Crippen molar-refractivity contribution in [1.29, 1.82) is 0 Å². The van der Waals surface area contributed by atoms with Gasteiger partial charge in [0.05, 0.1) is 28.7 Å². The highest BCUT2D eigenvalue weighted by Gasteiger charge is 2.41. The van der Waals surface area contributed by atoms with Crippen molar-refractivity contribution in [3.8, 4) is 5.75 Å². The van der Waals surface area contributed by atoms with Gasteiger partial charge in [0.2, 0.25) is 15.9 Å². The Kier molecular flexibility index (Phi) is 9.26. The average Bonchev–Trinajstić information content (AvgIpc) is 3.63. The van der Waals surface area contributed by atoms with Crippen LogP contribution in [0.4, 0.5) is 20.3 Å². The normalized spacial score (nSPS) is 18.1. The van der Waals surface area contributed by atoms with Crippen molar-refractivity contribution in [3.63, 3.8) is 0 Å². The molecule has 1 saturated heterocycles. The molecule has 1 aromatic heterocycles. The van der Waals surface area contributed by atoms with Gasteiger partial charge in [-0.2, -0.15) is 9.40 Å². The Morgan fingerprint density at radius 2 is 1.89 bits per heavy atom. The van der Waals surface area contributed by atoms with E-state index in [-0.39, 0.29) is 48.6 Å². The zero-order valence-corrected chi connectivity index (χ0v) is 26.3. The minimum atomic E-state index is -4.32. The van der Waals surface area contributed by atoms with Crippen LogP contribution >= 0.6 is 0 Å². The van der Waals surface area contributed by atoms with Crippen LogP contribution in [-0.2, 0) is 31.5 Å². The molecule has 15 heteroatoms. The van der Waals surface area contributed by atoms with Gasteiger partial charge in [-0.25, -0.2) is 17.2 Å². The predicted octanol–water partition coefficient (Wildman–Crippen LogP) is 3.34. The van der Waals surface area contributed by atoms with Crippen LogP contribution in [-0.4, -0.2) is 86.6 Å². The van der Waals surface area contributed by atoms with E-state index in [1.807, 2.05) is 19.0 Å². The van der Waals surface area contributed by atoms with E-state index >= 15 is 0 Å². The molecule has 2 aliphatic heterocycles. The maximum absolute atomic E-state index is 13.9. The summed E-state index contributed by atoms with van der Waals surface area (Å²) in [5.41, 5.74) is 0.574. The number of nitrogens with zero attached hydrogens (tertiary/aromatic N) is 3. The molecule has 45 heavy (non-hydrogen) atoms. The number of hydrogen-bond donors (Lipinski definition) is 3. The van der Waals surface area contributed by atoms with E-state index in [4.69, 9.17) is 9.47 Å². The van der Waals surface area contributed by atoms with Crippen molar-refractivity contribution in [2.24, 2.45) is 5.92 Å². The van der Waals surface area contributed by atoms with Crippen LogP contribution in [0.15, 0.2) is 41.3 Å². The molecular weight excluding hydrogens is 610 g/mol. The lowest BCUT2D eigenvalue weighted by Crippen LogP contribution is -2.45. The van der Waals surface area contributed by atoms with E-state index in [2.05, 4.69) is 20.8 Å². The lowest BCUT2D eigenvalue weighted by molar-refractivity contribution is -0.119. The summed E-state index contributed by atoms with van der Waals surface area (Å²) in [6, 6.07) is 6.85. The number of likely N-dealkylation sites (N-methyl/N-ethyl adjacent to an activating group) is 1. The van der Waals surface area contributed by atoms with Crippen LogP contribution in [0.3, 0.4) is 0 Å². The number of carbonyl (C=O) groups excluding carboxylic acids is 2. The van der Waals surface area contributed by atoms with Crippen molar-refractivity contribution in [2.75, 3.05) is 57.6 Å². The summed E-state index contributed by atoms with van der Waals surface area (Å²) >= 11 is 0. The van der Waals surface area contributed by atoms with Crippen molar-refractivity contribution in [1.82, 2.24) is 19.4 Å². The fraction of sp³-hybridized carbons (Fsp3) is 0.433. The summed E-state index contributed by atoms with van der Waals surface area (Å²) in [5, 5.41) is 12.8. The standard InChI is InChI=1S/C30H36F2N6O6S/c1-30(2)17-38(45(41,42)22-12-19(31)11-20(32)13-22)15-24-26(30)35-36-27(24)34-29(40)23-6-5-21(44-10-8-37(3)4)14-25(23)33-28(39)18-7-9-43-16-18/h5-6,11-14,18H,7-10,15-17H2,1-4H3,(H,33,39)(H2,34,35,36,40). The van der Waals surface area contributed by atoms with Crippen molar-refractivity contribution in [3.05, 3.63) is 64.9 Å². The molecule has 5 rings (SSSR count). The van der Waals surface area contributed by atoms with Crippen molar-refractivity contribution in [2.45, 2.75) is 37.1 Å². The number of rotatable bonds is 10.